The molecule has 146 valence electrons. The van der Waals surface area contributed by atoms with Crippen LogP contribution >= 0.6 is 23.2 Å². The topological polar surface area (TPSA) is 102 Å². The molecule has 1 heterocycles. The molecule has 2 aromatic carbocycles. The number of rotatable bonds is 6. The van der Waals surface area contributed by atoms with Crippen LogP contribution in [0.15, 0.2) is 42.5 Å². The van der Waals surface area contributed by atoms with Crippen LogP contribution in [0, 0.1) is 5.92 Å². The number of nitrogens with one attached hydrogen (secondary N) is 1. The molecule has 3 N–H and O–H groups in total. The maximum atomic E-state index is 12.0. The zero-order valence-corrected chi connectivity index (χ0v) is 16.2. The van der Waals surface area contributed by atoms with Crippen LogP contribution in [0.25, 0.3) is 0 Å². The highest BCUT2D eigenvalue weighted by Crippen LogP contribution is 2.27. The third kappa shape index (κ3) is 4.74. The highest BCUT2D eigenvalue weighted by Gasteiger charge is 2.33. The van der Waals surface area contributed by atoms with E-state index in [0.717, 1.165) is 0 Å². The van der Waals surface area contributed by atoms with Gasteiger partial charge in [-0.2, -0.15) is 0 Å². The number of benzene rings is 2. The molecule has 0 unspecified atom stereocenters. The second kappa shape index (κ2) is 8.50. The summed E-state index contributed by atoms with van der Waals surface area (Å²) in [6.07, 6.45) is 0.114. The molecule has 0 spiro atoms. The van der Waals surface area contributed by atoms with E-state index in [1.165, 1.54) is 4.90 Å². The van der Waals surface area contributed by atoms with E-state index in [4.69, 9.17) is 33.7 Å². The van der Waals surface area contributed by atoms with Gasteiger partial charge in [-0.15, -0.1) is 0 Å². The molecule has 0 saturated carbocycles. The van der Waals surface area contributed by atoms with Crippen molar-refractivity contribution in [3.8, 4) is 5.75 Å². The lowest BCUT2D eigenvalue weighted by molar-refractivity contribution is -0.123. The summed E-state index contributed by atoms with van der Waals surface area (Å²) in [5, 5.41) is 3.39. The zero-order valence-electron chi connectivity index (χ0n) is 14.7. The predicted molar refractivity (Wildman–Crippen MR) is 107 cm³/mol. The lowest BCUT2D eigenvalue weighted by atomic mass is 10.1. The molecule has 0 aromatic heterocycles. The van der Waals surface area contributed by atoms with Crippen LogP contribution in [0.2, 0.25) is 10.0 Å². The summed E-state index contributed by atoms with van der Waals surface area (Å²) in [6, 6.07) is 11.4. The minimum atomic E-state index is -0.483. The average molecular weight is 422 g/mol. The monoisotopic (exact) mass is 421 g/mol. The maximum absolute atomic E-state index is 12.0. The van der Waals surface area contributed by atoms with Crippen molar-refractivity contribution >= 4 is 52.3 Å². The van der Waals surface area contributed by atoms with Crippen molar-refractivity contribution in [2.45, 2.75) is 6.42 Å². The first-order valence-electron chi connectivity index (χ1n) is 8.41. The van der Waals surface area contributed by atoms with Crippen LogP contribution in [0.3, 0.4) is 0 Å². The summed E-state index contributed by atoms with van der Waals surface area (Å²) in [4.78, 5) is 36.8. The minimum absolute atomic E-state index is 0.114. The number of halogens is 2. The van der Waals surface area contributed by atoms with E-state index >= 15 is 0 Å². The fourth-order valence-electron chi connectivity index (χ4n) is 2.79. The van der Waals surface area contributed by atoms with E-state index in [2.05, 4.69) is 5.32 Å². The van der Waals surface area contributed by atoms with Gasteiger partial charge >= 0.3 is 0 Å². The predicted octanol–water partition coefficient (Wildman–Crippen LogP) is 2.85. The van der Waals surface area contributed by atoms with E-state index in [9.17, 15) is 14.4 Å². The van der Waals surface area contributed by atoms with Crippen molar-refractivity contribution in [2.24, 2.45) is 11.7 Å². The van der Waals surface area contributed by atoms with Gasteiger partial charge in [0.15, 0.2) is 6.61 Å². The molecular weight excluding hydrogens is 405 g/mol. The molecule has 0 aliphatic carbocycles. The summed E-state index contributed by atoms with van der Waals surface area (Å²) in [5.74, 6) is -1.01. The van der Waals surface area contributed by atoms with Gasteiger partial charge in [-0.05, 0) is 42.5 Å². The molecule has 2 aromatic rings. The SMILES string of the molecule is NC(=O)[C@H]1CC(=O)N(c2ccc(OCC(=O)Nc3ccc(Cl)c(Cl)c3)cc2)C1. The molecule has 3 rings (SSSR count). The fourth-order valence-corrected chi connectivity index (χ4v) is 3.09. The number of amides is 3. The Hall–Kier alpha value is -2.77. The molecule has 7 nitrogen and oxygen atoms in total. The first kappa shape index (κ1) is 20.0. The molecule has 9 heteroatoms. The first-order chi connectivity index (χ1) is 13.3. The Bertz CT molecular complexity index is 918. The summed E-state index contributed by atoms with van der Waals surface area (Å²) in [5.41, 5.74) is 6.42. The molecule has 0 bridgehead atoms. The quantitative estimate of drug-likeness (QED) is 0.748. The average Bonchev–Trinajstić information content (AvgIpc) is 3.06. The molecule has 1 aliphatic heterocycles. The van der Waals surface area contributed by atoms with Crippen LogP contribution in [-0.2, 0) is 14.4 Å². The van der Waals surface area contributed by atoms with Gasteiger partial charge in [0.05, 0.1) is 16.0 Å². The minimum Gasteiger partial charge on any atom is -0.484 e. The number of nitrogens with zero attached hydrogens (tertiary/aromatic N) is 1. The summed E-state index contributed by atoms with van der Waals surface area (Å²) in [6.45, 7) is 0.0619. The largest absolute Gasteiger partial charge is 0.484 e. The maximum Gasteiger partial charge on any atom is 0.262 e. The lowest BCUT2D eigenvalue weighted by Crippen LogP contribution is -2.28. The summed E-state index contributed by atoms with van der Waals surface area (Å²) < 4.78 is 5.45. The Morgan fingerprint density at radius 2 is 1.86 bits per heavy atom. The molecular formula is C19H17Cl2N3O4. The number of nitrogens with two attached hydrogens (primary N) is 1. The van der Waals surface area contributed by atoms with E-state index in [1.54, 1.807) is 42.5 Å². The van der Waals surface area contributed by atoms with Crippen molar-refractivity contribution in [3.05, 3.63) is 52.5 Å². The van der Waals surface area contributed by atoms with Gasteiger partial charge in [-0.3, -0.25) is 14.4 Å². The Labute approximate surface area is 171 Å². The number of carbonyl (C=O) groups excluding carboxylic acids is 3. The highest BCUT2D eigenvalue weighted by molar-refractivity contribution is 6.42. The molecule has 1 atom stereocenters. The Morgan fingerprint density at radius 1 is 1.14 bits per heavy atom. The number of hydrogen-bond donors (Lipinski definition) is 2. The first-order valence-corrected chi connectivity index (χ1v) is 9.16. The normalized spacial score (nSPS) is 16.1. The second-order valence-electron chi connectivity index (χ2n) is 6.27. The van der Waals surface area contributed by atoms with E-state index < -0.39 is 11.8 Å². The third-order valence-electron chi connectivity index (χ3n) is 4.25. The van der Waals surface area contributed by atoms with Crippen LogP contribution < -0.4 is 20.7 Å². The van der Waals surface area contributed by atoms with Gasteiger partial charge in [0.2, 0.25) is 11.8 Å². The van der Waals surface area contributed by atoms with Gasteiger partial charge in [-0.25, -0.2) is 0 Å². The molecule has 1 fully saturated rings. The van der Waals surface area contributed by atoms with E-state index in [0.29, 0.717) is 27.2 Å². The van der Waals surface area contributed by atoms with E-state index in [1.807, 2.05) is 0 Å². The van der Waals surface area contributed by atoms with Crippen molar-refractivity contribution < 1.29 is 19.1 Å². The third-order valence-corrected chi connectivity index (χ3v) is 4.99. The van der Waals surface area contributed by atoms with Crippen molar-refractivity contribution in [2.75, 3.05) is 23.4 Å². The molecule has 1 aliphatic rings. The van der Waals surface area contributed by atoms with Gasteiger partial charge < -0.3 is 20.7 Å². The lowest BCUT2D eigenvalue weighted by Gasteiger charge is -2.16. The smallest absolute Gasteiger partial charge is 0.262 e. The van der Waals surface area contributed by atoms with Crippen molar-refractivity contribution in [1.82, 2.24) is 0 Å². The second-order valence-corrected chi connectivity index (χ2v) is 7.08. The number of carbonyl (C=O) groups is 3. The van der Waals surface area contributed by atoms with Crippen LogP contribution in [-0.4, -0.2) is 30.9 Å². The van der Waals surface area contributed by atoms with Crippen molar-refractivity contribution in [3.63, 3.8) is 0 Å². The Morgan fingerprint density at radius 3 is 2.46 bits per heavy atom. The van der Waals surface area contributed by atoms with Gasteiger partial charge in [0, 0.05) is 24.3 Å². The summed E-state index contributed by atoms with van der Waals surface area (Å²) >= 11 is 11.7. The number of primary amides is 1. The zero-order chi connectivity index (χ0) is 20.3. The van der Waals surface area contributed by atoms with Crippen LogP contribution in [0.4, 0.5) is 11.4 Å². The fraction of sp³-hybridized carbons (Fsp3) is 0.211. The molecule has 1 saturated heterocycles. The van der Waals surface area contributed by atoms with Gasteiger partial charge in [-0.1, -0.05) is 23.2 Å². The van der Waals surface area contributed by atoms with Gasteiger partial charge in [0.25, 0.3) is 5.91 Å². The standard InChI is InChI=1S/C19H17Cl2N3O4/c20-15-6-1-12(8-16(15)21)23-17(25)10-28-14-4-2-13(3-5-14)24-9-11(19(22)27)7-18(24)26/h1-6,8,11H,7,9-10H2,(H2,22,27)(H,23,25)/t11-/m0/s1. The van der Waals surface area contributed by atoms with Crippen LogP contribution in [0.5, 0.6) is 5.75 Å². The number of hydrogen-bond acceptors (Lipinski definition) is 4. The van der Waals surface area contributed by atoms with Crippen molar-refractivity contribution in [1.29, 1.82) is 0 Å². The molecule has 28 heavy (non-hydrogen) atoms. The van der Waals surface area contributed by atoms with E-state index in [-0.39, 0.29) is 31.4 Å². The Balaban J connectivity index is 1.54. The molecule has 3 amide bonds. The van der Waals surface area contributed by atoms with Crippen LogP contribution in [0.1, 0.15) is 6.42 Å². The summed E-state index contributed by atoms with van der Waals surface area (Å²) in [7, 11) is 0. The van der Waals surface area contributed by atoms with Gasteiger partial charge in [0.1, 0.15) is 5.75 Å². The highest BCUT2D eigenvalue weighted by atomic mass is 35.5. The number of ether oxygens (including phenoxy) is 1. The number of anilines is 2. The Kier molecular flexibility index (Phi) is 6.06. The molecule has 0 radical (unpaired) electrons.